The van der Waals surface area contributed by atoms with Gasteiger partial charge in [-0.3, -0.25) is 19.7 Å². The normalized spacial score (nSPS) is 14.9. The van der Waals surface area contributed by atoms with Gasteiger partial charge in [-0.05, 0) is 44.0 Å². The zero-order valence-electron chi connectivity index (χ0n) is 15.5. The Balaban J connectivity index is 1.57. The van der Waals surface area contributed by atoms with Crippen LogP contribution in [0.5, 0.6) is 0 Å². The van der Waals surface area contributed by atoms with E-state index in [1.807, 2.05) is 24.3 Å². The molecule has 0 spiro atoms. The van der Waals surface area contributed by atoms with Crippen molar-refractivity contribution in [1.82, 2.24) is 0 Å². The van der Waals surface area contributed by atoms with Crippen LogP contribution in [0.4, 0.5) is 11.4 Å². The van der Waals surface area contributed by atoms with Gasteiger partial charge in [-0.2, -0.15) is 0 Å². The first-order valence-corrected chi connectivity index (χ1v) is 9.75. The fourth-order valence-corrected chi connectivity index (χ4v) is 3.86. The van der Waals surface area contributed by atoms with Gasteiger partial charge in [-0.15, -0.1) is 11.8 Å². The molecular weight excluding hydrogens is 380 g/mol. The molecule has 0 aromatic heterocycles. The standard InChI is InChI=1S/C20H20N2O5S/c1-13(19(23)21-12-11-15-5-3-4-6-18(15)21)27-20(24)14(2)28-17-9-7-16(8-10-17)22(25)26/h3-10,13-14H,11-12H2,1-2H3/t13-,14+/m1/s1. The van der Waals surface area contributed by atoms with Gasteiger partial charge >= 0.3 is 5.97 Å². The highest BCUT2D eigenvalue weighted by Crippen LogP contribution is 2.29. The number of hydrogen-bond donors (Lipinski definition) is 0. The molecule has 1 heterocycles. The number of nitrogens with zero attached hydrogens (tertiary/aromatic N) is 2. The highest BCUT2D eigenvalue weighted by Gasteiger charge is 2.30. The summed E-state index contributed by atoms with van der Waals surface area (Å²) in [5.41, 5.74) is 1.96. The lowest BCUT2D eigenvalue weighted by Crippen LogP contribution is -2.40. The Kier molecular flexibility index (Phi) is 5.99. The van der Waals surface area contributed by atoms with Gasteiger partial charge in [0.25, 0.3) is 11.6 Å². The number of ether oxygens (including phenoxy) is 1. The molecule has 0 unspecified atom stereocenters. The maximum absolute atomic E-state index is 12.7. The van der Waals surface area contributed by atoms with Crippen LogP contribution in [0, 0.1) is 10.1 Å². The summed E-state index contributed by atoms with van der Waals surface area (Å²) in [5, 5.41) is 10.1. The lowest BCUT2D eigenvalue weighted by atomic mass is 10.2. The molecule has 1 aliphatic rings. The van der Waals surface area contributed by atoms with E-state index in [0.717, 1.165) is 17.7 Å². The smallest absolute Gasteiger partial charge is 0.319 e. The molecule has 8 heteroatoms. The van der Waals surface area contributed by atoms with Gasteiger partial charge in [0.2, 0.25) is 0 Å². The van der Waals surface area contributed by atoms with Gasteiger partial charge in [0, 0.05) is 29.3 Å². The number of carbonyl (C=O) groups excluding carboxylic acids is 2. The Bertz CT molecular complexity index is 900. The number of benzene rings is 2. The number of hydrogen-bond acceptors (Lipinski definition) is 6. The molecule has 0 saturated heterocycles. The molecule has 1 amide bonds. The minimum atomic E-state index is -0.890. The number of thioether (sulfide) groups is 1. The zero-order valence-corrected chi connectivity index (χ0v) is 16.3. The summed E-state index contributed by atoms with van der Waals surface area (Å²) in [7, 11) is 0. The Morgan fingerprint density at radius 3 is 2.50 bits per heavy atom. The van der Waals surface area contributed by atoms with E-state index in [2.05, 4.69) is 0 Å². The molecule has 0 saturated carbocycles. The molecule has 0 fully saturated rings. The largest absolute Gasteiger partial charge is 0.452 e. The van der Waals surface area contributed by atoms with Gasteiger partial charge < -0.3 is 9.64 Å². The number of fused-ring (bicyclic) bond motifs is 1. The predicted octanol–water partition coefficient (Wildman–Crippen LogP) is 3.60. The topological polar surface area (TPSA) is 89.7 Å². The molecule has 2 aromatic rings. The van der Waals surface area contributed by atoms with E-state index in [-0.39, 0.29) is 11.6 Å². The molecule has 0 bridgehead atoms. The third-order valence-corrected chi connectivity index (χ3v) is 5.58. The first kappa shape index (κ1) is 19.9. The molecule has 2 atom stereocenters. The van der Waals surface area contributed by atoms with Crippen LogP contribution in [-0.2, 0) is 20.7 Å². The Morgan fingerprint density at radius 1 is 1.14 bits per heavy atom. The third kappa shape index (κ3) is 4.33. The van der Waals surface area contributed by atoms with E-state index in [1.54, 1.807) is 30.9 Å². The summed E-state index contributed by atoms with van der Waals surface area (Å²) in [5.74, 6) is -0.748. The molecule has 0 aliphatic carbocycles. The molecule has 3 rings (SSSR count). The summed E-state index contributed by atoms with van der Waals surface area (Å²) in [6.07, 6.45) is -0.104. The average molecular weight is 400 g/mol. The highest BCUT2D eigenvalue weighted by atomic mass is 32.2. The van der Waals surface area contributed by atoms with Gasteiger partial charge in [-0.1, -0.05) is 18.2 Å². The summed E-state index contributed by atoms with van der Waals surface area (Å²) >= 11 is 1.22. The van der Waals surface area contributed by atoms with E-state index >= 15 is 0 Å². The van der Waals surface area contributed by atoms with Crippen molar-refractivity contribution in [3.05, 3.63) is 64.2 Å². The summed E-state index contributed by atoms with van der Waals surface area (Å²) in [4.78, 5) is 37.7. The number of non-ortho nitro benzene ring substituents is 1. The van der Waals surface area contributed by atoms with Crippen molar-refractivity contribution in [2.45, 2.75) is 36.5 Å². The van der Waals surface area contributed by atoms with Crippen LogP contribution in [-0.4, -0.2) is 34.7 Å². The van der Waals surface area contributed by atoms with Gasteiger partial charge in [0.15, 0.2) is 6.10 Å². The van der Waals surface area contributed by atoms with E-state index in [1.165, 1.54) is 23.9 Å². The number of esters is 1. The molecule has 1 aliphatic heterocycles. The fraction of sp³-hybridized carbons (Fsp3) is 0.300. The van der Waals surface area contributed by atoms with E-state index in [4.69, 9.17) is 4.74 Å². The monoisotopic (exact) mass is 400 g/mol. The molecular formula is C20H20N2O5S. The maximum Gasteiger partial charge on any atom is 0.319 e. The first-order valence-electron chi connectivity index (χ1n) is 8.87. The number of anilines is 1. The number of nitro benzene ring substituents is 1. The highest BCUT2D eigenvalue weighted by molar-refractivity contribution is 8.00. The van der Waals surface area contributed by atoms with E-state index in [9.17, 15) is 19.7 Å². The minimum absolute atomic E-state index is 0.00954. The van der Waals surface area contributed by atoms with Crippen molar-refractivity contribution < 1.29 is 19.2 Å². The van der Waals surface area contributed by atoms with E-state index in [0.29, 0.717) is 11.4 Å². The van der Waals surface area contributed by atoms with Crippen molar-refractivity contribution >= 4 is 35.0 Å². The van der Waals surface area contributed by atoms with Crippen LogP contribution in [0.25, 0.3) is 0 Å². The Hall–Kier alpha value is -2.87. The van der Waals surface area contributed by atoms with Crippen molar-refractivity contribution in [2.75, 3.05) is 11.4 Å². The second-order valence-electron chi connectivity index (χ2n) is 6.46. The van der Waals surface area contributed by atoms with Crippen molar-refractivity contribution in [2.24, 2.45) is 0 Å². The maximum atomic E-state index is 12.7. The summed E-state index contributed by atoms with van der Waals surface area (Å²) < 4.78 is 5.38. The van der Waals surface area contributed by atoms with Crippen LogP contribution in [0.1, 0.15) is 19.4 Å². The van der Waals surface area contributed by atoms with Crippen molar-refractivity contribution in [3.8, 4) is 0 Å². The molecule has 0 N–H and O–H groups in total. The molecule has 2 aromatic carbocycles. The summed E-state index contributed by atoms with van der Waals surface area (Å²) in [6, 6.07) is 13.6. The second-order valence-corrected chi connectivity index (χ2v) is 7.87. The lowest BCUT2D eigenvalue weighted by Gasteiger charge is -2.22. The van der Waals surface area contributed by atoms with E-state index < -0.39 is 22.2 Å². The van der Waals surface area contributed by atoms with Gasteiger partial charge in [-0.25, -0.2) is 0 Å². The Morgan fingerprint density at radius 2 is 1.82 bits per heavy atom. The Labute approximate surface area is 166 Å². The molecule has 146 valence electrons. The van der Waals surface area contributed by atoms with Crippen molar-refractivity contribution in [3.63, 3.8) is 0 Å². The number of carbonyl (C=O) groups is 2. The van der Waals surface area contributed by atoms with Crippen molar-refractivity contribution in [1.29, 1.82) is 0 Å². The quantitative estimate of drug-likeness (QED) is 0.319. The lowest BCUT2D eigenvalue weighted by molar-refractivity contribution is -0.384. The van der Waals surface area contributed by atoms with Crippen LogP contribution < -0.4 is 4.90 Å². The molecule has 7 nitrogen and oxygen atoms in total. The van der Waals surface area contributed by atoms with Crippen LogP contribution in [0.2, 0.25) is 0 Å². The predicted molar refractivity (Wildman–Crippen MR) is 106 cm³/mol. The first-order chi connectivity index (χ1) is 13.4. The second kappa shape index (κ2) is 8.43. The van der Waals surface area contributed by atoms with Crippen LogP contribution in [0.15, 0.2) is 53.4 Å². The SMILES string of the molecule is C[C@H](Sc1ccc([N+](=O)[O-])cc1)C(=O)O[C@H](C)C(=O)N1CCc2ccccc21. The minimum Gasteiger partial charge on any atom is -0.452 e. The van der Waals surface area contributed by atoms with Crippen LogP contribution in [0.3, 0.4) is 0 Å². The number of nitro groups is 1. The summed E-state index contributed by atoms with van der Waals surface area (Å²) in [6.45, 7) is 3.83. The number of rotatable bonds is 6. The fourth-order valence-electron chi connectivity index (χ4n) is 3.01. The third-order valence-electron chi connectivity index (χ3n) is 4.49. The molecule has 0 radical (unpaired) electrons. The zero-order chi connectivity index (χ0) is 20.3. The molecule has 28 heavy (non-hydrogen) atoms. The van der Waals surface area contributed by atoms with Gasteiger partial charge in [0.1, 0.15) is 5.25 Å². The number of amides is 1. The number of para-hydroxylation sites is 1. The van der Waals surface area contributed by atoms with Crippen LogP contribution >= 0.6 is 11.8 Å². The average Bonchev–Trinajstić information content (AvgIpc) is 3.11. The van der Waals surface area contributed by atoms with Gasteiger partial charge in [0.05, 0.1) is 4.92 Å².